The Balaban J connectivity index is 4.18. The minimum absolute atomic E-state index is 0.823. The molecule has 1 unspecified atom stereocenters. The quantitative estimate of drug-likeness (QED) is 0.171. The highest BCUT2D eigenvalue weighted by atomic mass is 31.2. The number of ether oxygens (including phenoxy) is 2. The number of methoxy groups -OCH3 is 1. The minimum atomic E-state index is -3.55. The summed E-state index contributed by atoms with van der Waals surface area (Å²) in [5.74, 6) is -1.10. The summed E-state index contributed by atoms with van der Waals surface area (Å²) < 4.78 is 31.5. The van der Waals surface area contributed by atoms with E-state index in [1.54, 1.807) is 6.08 Å². The normalized spacial score (nSPS) is 13.2. The molecule has 0 rings (SSSR count). The van der Waals surface area contributed by atoms with Gasteiger partial charge in [0.15, 0.2) is 0 Å². The first kappa shape index (κ1) is 23.2. The van der Waals surface area contributed by atoms with E-state index in [9.17, 15) is 9.36 Å². The molecule has 0 radical (unpaired) electrons. The van der Waals surface area contributed by atoms with Crippen LogP contribution in [-0.2, 0) is 23.1 Å². The van der Waals surface area contributed by atoms with E-state index in [1.807, 2.05) is 6.08 Å². The van der Waals surface area contributed by atoms with Crippen LogP contribution >= 0.6 is 7.60 Å². The minimum Gasteiger partial charge on any atom is -0.438 e. The van der Waals surface area contributed by atoms with E-state index >= 15 is 0 Å². The number of rotatable bonds is 14. The Hall–Kier alpha value is -0.840. The highest BCUT2D eigenvalue weighted by Crippen LogP contribution is 2.52. The number of hydrogen-bond donors (Lipinski definition) is 0. The monoisotopic (exact) mass is 364 g/mol. The number of carbonyl (C=O) groups excluding carboxylic acids is 1. The van der Waals surface area contributed by atoms with Gasteiger partial charge >= 0.3 is 13.8 Å². The van der Waals surface area contributed by atoms with Gasteiger partial charge in [-0.3, -0.25) is 4.57 Å². The summed E-state index contributed by atoms with van der Waals surface area (Å²) in [6, 6.07) is 0. The van der Waals surface area contributed by atoms with Crippen LogP contribution in [0.4, 0.5) is 4.79 Å². The van der Waals surface area contributed by atoms with Crippen molar-refractivity contribution >= 4 is 13.8 Å². The number of allylic oxidation sites excluding steroid dienone is 1. The molecule has 0 aliphatic rings. The summed E-state index contributed by atoms with van der Waals surface area (Å²) in [5, 5.41) is 0. The number of hydrogen-bond acceptors (Lipinski definition) is 6. The average molecular weight is 364 g/mol. The smallest absolute Gasteiger partial charge is 0.438 e. The van der Waals surface area contributed by atoms with Crippen LogP contribution in [0.15, 0.2) is 12.2 Å². The van der Waals surface area contributed by atoms with E-state index in [2.05, 4.69) is 11.7 Å². The Bertz CT molecular complexity index is 389. The molecule has 6 nitrogen and oxygen atoms in total. The van der Waals surface area contributed by atoms with Crippen molar-refractivity contribution in [3.8, 4) is 0 Å². The Labute approximate surface area is 146 Å². The van der Waals surface area contributed by atoms with E-state index in [-0.39, 0.29) is 0 Å². The Kier molecular flexibility index (Phi) is 14.0. The zero-order valence-corrected chi connectivity index (χ0v) is 16.4. The van der Waals surface area contributed by atoms with Gasteiger partial charge in [-0.15, -0.1) is 0 Å². The molecule has 0 aromatic carbocycles. The molecule has 24 heavy (non-hydrogen) atoms. The van der Waals surface area contributed by atoms with Gasteiger partial charge in [-0.2, -0.15) is 0 Å². The highest BCUT2D eigenvalue weighted by Gasteiger charge is 2.35. The van der Waals surface area contributed by atoms with Gasteiger partial charge in [-0.25, -0.2) is 4.79 Å². The summed E-state index contributed by atoms with van der Waals surface area (Å²) in [5.41, 5.74) is 0. The molecule has 0 aromatic heterocycles. The van der Waals surface area contributed by atoms with Crippen molar-refractivity contribution in [2.75, 3.05) is 21.3 Å². The van der Waals surface area contributed by atoms with Gasteiger partial charge < -0.3 is 18.5 Å². The van der Waals surface area contributed by atoms with Crippen molar-refractivity contribution in [2.24, 2.45) is 0 Å². The van der Waals surface area contributed by atoms with Gasteiger partial charge in [0.05, 0.1) is 7.11 Å². The average Bonchev–Trinajstić information content (AvgIpc) is 2.61. The molecular formula is C17H33O6P. The zero-order valence-electron chi connectivity index (χ0n) is 15.5. The fraction of sp³-hybridized carbons (Fsp3) is 0.824. The Morgan fingerprint density at radius 3 is 2.00 bits per heavy atom. The Morgan fingerprint density at radius 2 is 1.50 bits per heavy atom. The number of unbranched alkanes of at least 4 members (excludes halogenated alkanes) is 8. The van der Waals surface area contributed by atoms with Crippen LogP contribution in [0.3, 0.4) is 0 Å². The molecule has 0 saturated carbocycles. The third-order valence-corrected chi connectivity index (χ3v) is 5.65. The molecule has 7 heteroatoms. The first-order valence-electron chi connectivity index (χ1n) is 8.66. The lowest BCUT2D eigenvalue weighted by molar-refractivity contribution is 0.0625. The summed E-state index contributed by atoms with van der Waals surface area (Å²) in [4.78, 5) is 11.3. The van der Waals surface area contributed by atoms with Crippen LogP contribution in [0, 0.1) is 0 Å². The summed E-state index contributed by atoms with van der Waals surface area (Å²) >= 11 is 0. The fourth-order valence-electron chi connectivity index (χ4n) is 2.25. The second kappa shape index (κ2) is 14.5. The molecule has 0 bridgehead atoms. The highest BCUT2D eigenvalue weighted by molar-refractivity contribution is 7.54. The van der Waals surface area contributed by atoms with E-state index in [0.717, 1.165) is 19.3 Å². The Morgan fingerprint density at radius 1 is 0.958 bits per heavy atom. The van der Waals surface area contributed by atoms with Crippen molar-refractivity contribution in [1.82, 2.24) is 0 Å². The molecule has 0 aliphatic heterocycles. The van der Waals surface area contributed by atoms with Crippen LogP contribution in [0.2, 0.25) is 0 Å². The van der Waals surface area contributed by atoms with Crippen molar-refractivity contribution in [2.45, 2.75) is 70.6 Å². The second-order valence-corrected chi connectivity index (χ2v) is 7.88. The molecule has 0 fully saturated rings. The molecule has 0 aromatic rings. The lowest BCUT2D eigenvalue weighted by atomic mass is 10.1. The predicted octanol–water partition coefficient (Wildman–Crippen LogP) is 5.67. The van der Waals surface area contributed by atoms with Crippen molar-refractivity contribution in [3.63, 3.8) is 0 Å². The van der Waals surface area contributed by atoms with Gasteiger partial charge in [0.2, 0.25) is 5.85 Å². The number of carbonyl (C=O) groups is 1. The summed E-state index contributed by atoms with van der Waals surface area (Å²) in [6.07, 6.45) is 13.2. The van der Waals surface area contributed by atoms with Crippen LogP contribution in [-0.4, -0.2) is 33.3 Å². The molecule has 142 valence electrons. The fourth-order valence-corrected chi connectivity index (χ4v) is 3.36. The molecule has 0 N–H and O–H groups in total. The van der Waals surface area contributed by atoms with Gasteiger partial charge in [-0.05, 0) is 18.9 Å². The maximum absolute atomic E-state index is 12.4. The van der Waals surface area contributed by atoms with E-state index in [4.69, 9.17) is 13.8 Å². The zero-order chi connectivity index (χ0) is 18.3. The first-order chi connectivity index (χ1) is 11.5. The maximum Gasteiger partial charge on any atom is 0.509 e. The largest absolute Gasteiger partial charge is 0.509 e. The molecule has 0 heterocycles. The van der Waals surface area contributed by atoms with Crippen LogP contribution in [0.25, 0.3) is 0 Å². The van der Waals surface area contributed by atoms with Crippen molar-refractivity contribution in [3.05, 3.63) is 12.2 Å². The molecule has 0 saturated heterocycles. The van der Waals surface area contributed by atoms with Gasteiger partial charge in [0.25, 0.3) is 0 Å². The topological polar surface area (TPSA) is 71.1 Å². The third kappa shape index (κ3) is 10.1. The first-order valence-corrected chi connectivity index (χ1v) is 10.3. The third-order valence-electron chi connectivity index (χ3n) is 3.73. The van der Waals surface area contributed by atoms with Gasteiger partial charge in [0.1, 0.15) is 0 Å². The van der Waals surface area contributed by atoms with Crippen LogP contribution < -0.4 is 0 Å². The molecular weight excluding hydrogens is 331 g/mol. The standard InChI is InChI=1S/C17H33O6P/c1-5-6-7-8-9-10-11-12-13-14-15-16(23-17(18)20-2)24(19,21-3)22-4/h14-16H,5-13H2,1-4H3/b15-14+. The summed E-state index contributed by atoms with van der Waals surface area (Å²) in [7, 11) is 0.152. The lowest BCUT2D eigenvalue weighted by Gasteiger charge is -2.20. The van der Waals surface area contributed by atoms with Crippen LogP contribution in [0.5, 0.6) is 0 Å². The maximum atomic E-state index is 12.4. The van der Waals surface area contributed by atoms with Gasteiger partial charge in [0, 0.05) is 14.2 Å². The van der Waals surface area contributed by atoms with E-state index in [1.165, 1.54) is 59.9 Å². The second-order valence-electron chi connectivity index (χ2n) is 5.56. The molecule has 0 aliphatic carbocycles. The van der Waals surface area contributed by atoms with Crippen molar-refractivity contribution < 1.29 is 27.9 Å². The van der Waals surface area contributed by atoms with Gasteiger partial charge in [-0.1, -0.05) is 57.9 Å². The van der Waals surface area contributed by atoms with E-state index in [0.29, 0.717) is 0 Å². The lowest BCUT2D eigenvalue weighted by Crippen LogP contribution is -2.18. The summed E-state index contributed by atoms with van der Waals surface area (Å²) in [6.45, 7) is 2.22. The van der Waals surface area contributed by atoms with Crippen LogP contribution in [0.1, 0.15) is 64.7 Å². The molecule has 0 amide bonds. The predicted molar refractivity (Wildman–Crippen MR) is 95.3 cm³/mol. The van der Waals surface area contributed by atoms with E-state index < -0.39 is 19.6 Å². The molecule has 0 spiro atoms. The SMILES string of the molecule is CCCCCCCCCC/C=C/C(OC(=O)OC)P(=O)(OC)OC. The van der Waals surface area contributed by atoms with Crippen molar-refractivity contribution in [1.29, 1.82) is 0 Å². The molecule has 1 atom stereocenters.